The quantitative estimate of drug-likeness (QED) is 0.812. The minimum atomic E-state index is -0.0374. The molecule has 1 saturated heterocycles. The zero-order valence-electron chi connectivity index (χ0n) is 13.5. The number of ether oxygens (including phenoxy) is 2. The number of para-hydroxylation sites is 1. The molecule has 2 N–H and O–H groups in total. The van der Waals surface area contributed by atoms with Crippen molar-refractivity contribution in [1.82, 2.24) is 4.90 Å². The number of benzene rings is 1. The van der Waals surface area contributed by atoms with Gasteiger partial charge in [0, 0.05) is 19.1 Å². The molecule has 5 heteroatoms. The van der Waals surface area contributed by atoms with E-state index < -0.39 is 0 Å². The molecule has 1 fully saturated rings. The second-order valence-electron chi connectivity index (χ2n) is 6.41. The fraction of sp³-hybridized carbons (Fsp3) is 0.588. The molecule has 0 bridgehead atoms. The standard InChI is InChI=1S/C17H26N2O3/c1-17(2)13-19(9-8-15(17)18)16(20)12-21-10-11-22-14-6-4-3-5-7-14/h3-7,15H,8-13,18H2,1-2H3. The molecular weight excluding hydrogens is 280 g/mol. The molecule has 22 heavy (non-hydrogen) atoms. The summed E-state index contributed by atoms with van der Waals surface area (Å²) in [4.78, 5) is 14.0. The number of nitrogens with two attached hydrogens (primary N) is 1. The molecule has 1 aromatic carbocycles. The fourth-order valence-electron chi connectivity index (χ4n) is 2.57. The van der Waals surface area contributed by atoms with Gasteiger partial charge in [0.05, 0.1) is 6.61 Å². The van der Waals surface area contributed by atoms with Crippen LogP contribution in [0.4, 0.5) is 0 Å². The predicted octanol–water partition coefficient (Wildman–Crippen LogP) is 1.67. The van der Waals surface area contributed by atoms with Crippen molar-refractivity contribution in [3.63, 3.8) is 0 Å². The molecule has 1 unspecified atom stereocenters. The van der Waals surface area contributed by atoms with Gasteiger partial charge in [-0.05, 0) is 24.0 Å². The lowest BCUT2D eigenvalue weighted by Gasteiger charge is -2.42. The lowest BCUT2D eigenvalue weighted by atomic mass is 9.80. The number of amides is 1. The van der Waals surface area contributed by atoms with Crippen LogP contribution in [0.25, 0.3) is 0 Å². The smallest absolute Gasteiger partial charge is 0.248 e. The Kier molecular flexibility index (Phi) is 5.80. The van der Waals surface area contributed by atoms with Crippen molar-refractivity contribution in [3.05, 3.63) is 30.3 Å². The number of carbonyl (C=O) groups is 1. The molecule has 1 amide bonds. The Bertz CT molecular complexity index is 476. The van der Waals surface area contributed by atoms with Crippen molar-refractivity contribution in [2.75, 3.05) is 32.9 Å². The Labute approximate surface area is 132 Å². The molecule has 122 valence electrons. The first-order valence-electron chi connectivity index (χ1n) is 7.78. The lowest BCUT2D eigenvalue weighted by Crippen LogP contribution is -2.54. The summed E-state index contributed by atoms with van der Waals surface area (Å²) < 4.78 is 10.9. The van der Waals surface area contributed by atoms with E-state index >= 15 is 0 Å². The second-order valence-corrected chi connectivity index (χ2v) is 6.41. The molecule has 2 rings (SSSR count). The van der Waals surface area contributed by atoms with Gasteiger partial charge in [0.2, 0.25) is 5.91 Å². The third-order valence-corrected chi connectivity index (χ3v) is 4.13. The summed E-state index contributed by atoms with van der Waals surface area (Å²) >= 11 is 0. The van der Waals surface area contributed by atoms with Crippen LogP contribution in [0.1, 0.15) is 20.3 Å². The van der Waals surface area contributed by atoms with Gasteiger partial charge < -0.3 is 20.1 Å². The maximum atomic E-state index is 12.1. The molecular formula is C17H26N2O3. The van der Waals surface area contributed by atoms with Crippen molar-refractivity contribution in [1.29, 1.82) is 0 Å². The fourth-order valence-corrected chi connectivity index (χ4v) is 2.57. The van der Waals surface area contributed by atoms with Crippen LogP contribution in [-0.4, -0.2) is 49.8 Å². The zero-order valence-corrected chi connectivity index (χ0v) is 13.5. The predicted molar refractivity (Wildman–Crippen MR) is 85.7 cm³/mol. The van der Waals surface area contributed by atoms with E-state index in [0.717, 1.165) is 12.2 Å². The summed E-state index contributed by atoms with van der Waals surface area (Å²) in [5, 5.41) is 0. The maximum absolute atomic E-state index is 12.1. The topological polar surface area (TPSA) is 64.8 Å². The Morgan fingerprint density at radius 2 is 2.05 bits per heavy atom. The van der Waals surface area contributed by atoms with Crippen molar-refractivity contribution in [2.45, 2.75) is 26.3 Å². The van der Waals surface area contributed by atoms with Gasteiger partial charge in [-0.1, -0.05) is 32.0 Å². The van der Waals surface area contributed by atoms with Gasteiger partial charge in [0.15, 0.2) is 0 Å². The summed E-state index contributed by atoms with van der Waals surface area (Å²) in [6.07, 6.45) is 0.843. The van der Waals surface area contributed by atoms with Crippen molar-refractivity contribution >= 4 is 5.91 Å². The number of nitrogens with zero attached hydrogens (tertiary/aromatic N) is 1. The van der Waals surface area contributed by atoms with Crippen molar-refractivity contribution in [3.8, 4) is 5.75 Å². The highest BCUT2D eigenvalue weighted by molar-refractivity contribution is 5.77. The first-order chi connectivity index (χ1) is 10.5. The number of hydrogen-bond acceptors (Lipinski definition) is 4. The normalized spacial score (nSPS) is 20.7. The van der Waals surface area contributed by atoms with Crippen molar-refractivity contribution < 1.29 is 14.3 Å². The third kappa shape index (κ3) is 4.71. The molecule has 0 aliphatic carbocycles. The first-order valence-corrected chi connectivity index (χ1v) is 7.78. The van der Waals surface area contributed by atoms with Gasteiger partial charge in [-0.15, -0.1) is 0 Å². The molecule has 1 aromatic rings. The van der Waals surface area contributed by atoms with Crippen LogP contribution in [-0.2, 0) is 9.53 Å². The molecule has 1 atom stereocenters. The van der Waals surface area contributed by atoms with E-state index in [1.165, 1.54) is 0 Å². The molecule has 5 nitrogen and oxygen atoms in total. The van der Waals surface area contributed by atoms with Gasteiger partial charge in [0.1, 0.15) is 19.0 Å². The van der Waals surface area contributed by atoms with E-state index in [9.17, 15) is 4.79 Å². The van der Waals surface area contributed by atoms with Gasteiger partial charge in [-0.25, -0.2) is 0 Å². The lowest BCUT2D eigenvalue weighted by molar-refractivity contribution is -0.139. The number of piperidine rings is 1. The maximum Gasteiger partial charge on any atom is 0.248 e. The summed E-state index contributed by atoms with van der Waals surface area (Å²) in [7, 11) is 0. The molecule has 0 saturated carbocycles. The highest BCUT2D eigenvalue weighted by atomic mass is 16.5. The summed E-state index contributed by atoms with van der Waals surface area (Å²) in [6.45, 7) is 6.55. The van der Waals surface area contributed by atoms with Crippen LogP contribution in [0.5, 0.6) is 5.75 Å². The molecule has 1 aliphatic rings. The van der Waals surface area contributed by atoms with Gasteiger partial charge in [-0.2, -0.15) is 0 Å². The Morgan fingerprint density at radius 1 is 1.32 bits per heavy atom. The summed E-state index contributed by atoms with van der Waals surface area (Å²) in [5.74, 6) is 0.837. The van der Waals surface area contributed by atoms with E-state index in [1.54, 1.807) is 0 Å². The number of carbonyl (C=O) groups excluding carboxylic acids is 1. The van der Waals surface area contributed by atoms with Gasteiger partial charge >= 0.3 is 0 Å². The Morgan fingerprint density at radius 3 is 2.73 bits per heavy atom. The SMILES string of the molecule is CC1(C)CN(C(=O)COCCOc2ccccc2)CCC1N. The minimum Gasteiger partial charge on any atom is -0.491 e. The van der Waals surface area contributed by atoms with Crippen LogP contribution in [0.2, 0.25) is 0 Å². The minimum absolute atomic E-state index is 0.0275. The number of hydrogen-bond donors (Lipinski definition) is 1. The van der Waals surface area contributed by atoms with Gasteiger partial charge in [-0.3, -0.25) is 4.79 Å². The van der Waals surface area contributed by atoms with Crippen LogP contribution >= 0.6 is 0 Å². The van der Waals surface area contributed by atoms with E-state index in [4.69, 9.17) is 15.2 Å². The highest BCUT2D eigenvalue weighted by Gasteiger charge is 2.35. The van der Waals surface area contributed by atoms with Crippen LogP contribution in [0, 0.1) is 5.41 Å². The molecule has 0 radical (unpaired) electrons. The Balaban J connectivity index is 1.64. The molecule has 1 aliphatic heterocycles. The monoisotopic (exact) mass is 306 g/mol. The first kappa shape index (κ1) is 16.8. The largest absolute Gasteiger partial charge is 0.491 e. The number of likely N-dealkylation sites (tertiary alicyclic amines) is 1. The summed E-state index contributed by atoms with van der Waals surface area (Å²) in [5.41, 5.74) is 6.05. The molecule has 1 heterocycles. The van der Waals surface area contributed by atoms with Crippen LogP contribution < -0.4 is 10.5 Å². The average Bonchev–Trinajstić information content (AvgIpc) is 2.50. The van der Waals surface area contributed by atoms with E-state index in [2.05, 4.69) is 13.8 Å². The molecule has 0 aromatic heterocycles. The van der Waals surface area contributed by atoms with Crippen LogP contribution in [0.3, 0.4) is 0 Å². The van der Waals surface area contributed by atoms with Gasteiger partial charge in [0.25, 0.3) is 0 Å². The van der Waals surface area contributed by atoms with Crippen molar-refractivity contribution in [2.24, 2.45) is 11.1 Å². The zero-order chi connectivity index (χ0) is 16.0. The van der Waals surface area contributed by atoms with E-state index in [-0.39, 0.29) is 24.0 Å². The van der Waals surface area contributed by atoms with E-state index in [1.807, 2.05) is 35.2 Å². The average molecular weight is 306 g/mol. The number of rotatable bonds is 6. The molecule has 0 spiro atoms. The van der Waals surface area contributed by atoms with E-state index in [0.29, 0.717) is 26.3 Å². The highest BCUT2D eigenvalue weighted by Crippen LogP contribution is 2.27. The second kappa shape index (κ2) is 7.61. The third-order valence-electron chi connectivity index (χ3n) is 4.13. The van der Waals surface area contributed by atoms with Crippen LogP contribution in [0.15, 0.2) is 30.3 Å². The summed E-state index contributed by atoms with van der Waals surface area (Å²) in [6, 6.07) is 9.71. The Hall–Kier alpha value is -1.59.